The molecule has 2 heterocycles. The number of para-hydroxylation sites is 2. The molecule has 0 saturated heterocycles. The van der Waals surface area contributed by atoms with E-state index in [4.69, 9.17) is 0 Å². The third-order valence-electron chi connectivity index (χ3n) is 17.6. The van der Waals surface area contributed by atoms with Crippen LogP contribution in [-0.2, 0) is 35.3 Å². The van der Waals surface area contributed by atoms with E-state index < -0.39 is 20.4 Å². The van der Waals surface area contributed by atoms with Gasteiger partial charge in [-0.3, -0.25) is 19.8 Å². The molecule has 14 rings (SSSR count). The van der Waals surface area contributed by atoms with E-state index in [1.165, 1.54) is 21.9 Å². The van der Waals surface area contributed by atoms with Crippen molar-refractivity contribution >= 4 is 74.1 Å². The Hall–Kier alpha value is -9.74. The van der Waals surface area contributed by atoms with Crippen LogP contribution in [0.5, 0.6) is 11.5 Å². The Kier molecular flexibility index (Phi) is 27.3. The third-order valence-corrected chi connectivity index (χ3v) is 23.8. The van der Waals surface area contributed by atoms with Crippen LogP contribution in [0.25, 0.3) is 0 Å². The Morgan fingerprint density at radius 2 is 0.470 bits per heavy atom. The van der Waals surface area contributed by atoms with Crippen LogP contribution in [0.2, 0.25) is 0 Å². The maximum Gasteiger partial charge on any atom is 3.00 e. The Morgan fingerprint density at radius 1 is 0.260 bits per heavy atom. The van der Waals surface area contributed by atoms with Crippen LogP contribution in [-0.4, -0.2) is 39.0 Å². The smallest absolute Gasteiger partial charge is 0.872 e. The van der Waals surface area contributed by atoms with Gasteiger partial charge in [-0.25, -0.2) is 0 Å². The van der Waals surface area contributed by atoms with Crippen LogP contribution in [0.3, 0.4) is 0 Å². The van der Waals surface area contributed by atoms with Crippen LogP contribution < -0.4 is 63.9 Å². The molecule has 0 bridgehead atoms. The third kappa shape index (κ3) is 18.8. The number of hydrogen-bond acceptors (Lipinski definition) is 8. The largest absolute Gasteiger partial charge is 3.00 e. The molecule has 0 N–H and O–H groups in total. The predicted octanol–water partition coefficient (Wildman–Crippen LogP) is 13.0. The van der Waals surface area contributed by atoms with E-state index in [2.05, 4.69) is 141 Å². The Labute approximate surface area is 620 Å². The molecule has 0 fully saturated rings. The van der Waals surface area contributed by atoms with Crippen LogP contribution >= 0.6 is 14.3 Å². The van der Waals surface area contributed by atoms with Crippen molar-refractivity contribution in [3.05, 3.63) is 423 Å². The van der Waals surface area contributed by atoms with E-state index >= 15 is 0 Å². The molecule has 0 saturated carbocycles. The van der Waals surface area contributed by atoms with Gasteiger partial charge in [-0.1, -0.05) is 364 Å². The van der Waals surface area contributed by atoms with Crippen molar-refractivity contribution in [1.82, 2.24) is 19.8 Å². The molecule has 2 aromatic heterocycles. The average Bonchev–Trinajstić information content (AvgIpc) is 0.743. The van der Waals surface area contributed by atoms with E-state index in [1.54, 1.807) is 36.7 Å². The Bertz CT molecular complexity index is 4160. The second-order valence-electron chi connectivity index (χ2n) is 24.0. The van der Waals surface area contributed by atoms with Gasteiger partial charge in [0.1, 0.15) is 6.15 Å². The van der Waals surface area contributed by atoms with Gasteiger partial charge in [0, 0.05) is 83.5 Å². The molecule has 0 aliphatic rings. The number of benzene rings is 12. The Balaban J connectivity index is 0.000000147. The molecule has 12 aromatic carbocycles. The summed E-state index contributed by atoms with van der Waals surface area (Å²) in [7, 11) is -5.55. The average molecular weight is 1490 g/mol. The molecule has 0 atom stereocenters. The summed E-state index contributed by atoms with van der Waals surface area (Å²) in [4.78, 5) is 13.4. The van der Waals surface area contributed by atoms with Gasteiger partial charge in [0.15, 0.2) is 14.3 Å². The van der Waals surface area contributed by atoms with E-state index in [1.807, 2.05) is 243 Å². The zero-order valence-corrected chi connectivity index (χ0v) is 59.4. The monoisotopic (exact) mass is 1490 g/mol. The molecule has 12 heteroatoms. The van der Waals surface area contributed by atoms with Gasteiger partial charge in [0.05, 0.1) is 11.4 Å². The molecular weight excluding hydrogens is 1410 g/mol. The minimum absolute atomic E-state index is 0. The zero-order chi connectivity index (χ0) is 68.2. The first-order chi connectivity index (χ1) is 48.7. The van der Waals surface area contributed by atoms with Crippen molar-refractivity contribution in [2.75, 3.05) is 13.1 Å². The van der Waals surface area contributed by atoms with Crippen LogP contribution in [0.15, 0.2) is 401 Å². The molecule has 0 unspecified atom stereocenters. The first-order valence-corrected chi connectivity index (χ1v) is 36.8. The fraction of sp³-hybridized carbons (Fsp3) is 0.0682. The van der Waals surface area contributed by atoms with Crippen molar-refractivity contribution < 1.29 is 57.5 Å². The number of hydrogen-bond donors (Lipinski definition) is 0. The van der Waals surface area contributed by atoms with Gasteiger partial charge in [-0.15, -0.1) is 11.5 Å². The summed E-state index contributed by atoms with van der Waals surface area (Å²) in [5, 5.41) is 30.0. The molecule has 497 valence electrons. The predicted molar refractivity (Wildman–Crippen MR) is 410 cm³/mol. The second kappa shape index (κ2) is 37.4. The SMILES string of the molecule is O=P(c1ccccc1)(c1ccccc1)c1ccccc1.O=P(c1ccccc1)(c1ccccc1)c1ccccc1.[Dy+3].[O-]c1ccccc1CN(CCN(Cc1ccccn1)Cc1ccccc1[O-])Cc1ccccn1.c1ccc([B-](c2ccccc2)(c2ccccc2)c2ccccc2)cc1. The van der Waals surface area contributed by atoms with Gasteiger partial charge in [0.2, 0.25) is 0 Å². The first-order valence-electron chi connectivity index (χ1n) is 33.4. The normalized spacial score (nSPS) is 11.1. The summed E-state index contributed by atoms with van der Waals surface area (Å²) >= 11 is 0. The summed E-state index contributed by atoms with van der Waals surface area (Å²) in [5.41, 5.74) is 8.78. The molecule has 1 radical (unpaired) electrons. The molecule has 0 spiro atoms. The standard InChI is InChI=1S/C28H30N4O2.C24H20B.2C18H15OP.Dy/c33-27-13-3-1-9-23(27)19-31(21-25-11-5-7-15-29-25)17-18-32(22-26-12-6-8-16-30-26)20-24-10-2-4-14-28(24)34;1-5-13-21(14-6-1)25(22-15-7-2-8-16-22,23-17-9-3-10-18-23)24-19-11-4-12-20-24;2*19-20(16-10-4-1-5-11-16,17-12-6-2-7-13-17)18-14-8-3-9-15-18;/h1-16,33-34H,17-22H2;1-20H;2*1-15H;/q;-1;;;+3/p-2. The number of rotatable bonds is 21. The quantitative estimate of drug-likeness (QED) is 0.0516. The molecule has 8 nitrogen and oxygen atoms in total. The van der Waals surface area contributed by atoms with Gasteiger partial charge in [-0.2, -0.15) is 21.9 Å². The topological polar surface area (TPSA) is 113 Å². The summed E-state index contributed by atoms with van der Waals surface area (Å²) < 4.78 is 27.6. The number of aromatic nitrogens is 2. The van der Waals surface area contributed by atoms with Gasteiger partial charge >= 0.3 is 38.2 Å². The molecule has 100 heavy (non-hydrogen) atoms. The second-order valence-corrected chi connectivity index (χ2v) is 29.6. The summed E-state index contributed by atoms with van der Waals surface area (Å²) in [6, 6.07) is 128. The van der Waals surface area contributed by atoms with Crippen molar-refractivity contribution in [2.45, 2.75) is 26.2 Å². The van der Waals surface area contributed by atoms with E-state index in [-0.39, 0.29) is 49.7 Å². The van der Waals surface area contributed by atoms with Crippen LogP contribution in [0, 0.1) is 38.2 Å². The molecule has 14 aromatic rings. The maximum absolute atomic E-state index is 13.8. The Morgan fingerprint density at radius 3 is 0.690 bits per heavy atom. The van der Waals surface area contributed by atoms with Gasteiger partial charge < -0.3 is 19.3 Å². The van der Waals surface area contributed by atoms with E-state index in [0.717, 1.165) is 54.3 Å². The fourth-order valence-electron chi connectivity index (χ4n) is 12.7. The minimum atomic E-state index is -2.78. The maximum atomic E-state index is 13.8. The van der Waals surface area contributed by atoms with Crippen LogP contribution in [0.1, 0.15) is 22.5 Å². The zero-order valence-electron chi connectivity index (χ0n) is 55.6. The fourth-order valence-corrected chi connectivity index (χ4v) is 18.1. The number of pyridine rings is 2. The molecule has 0 aliphatic heterocycles. The van der Waals surface area contributed by atoms with E-state index in [0.29, 0.717) is 39.3 Å². The molecule has 0 amide bonds. The van der Waals surface area contributed by atoms with Crippen LogP contribution in [0.4, 0.5) is 0 Å². The molecular formula is C88H78BDyN4O4P2. The first kappa shape index (κ1) is 73.0. The van der Waals surface area contributed by atoms with Crippen molar-refractivity contribution in [3.8, 4) is 11.5 Å². The summed E-state index contributed by atoms with van der Waals surface area (Å²) in [6.07, 6.45) is 2.36. The van der Waals surface area contributed by atoms with Crippen molar-refractivity contribution in [2.24, 2.45) is 0 Å². The number of nitrogens with zero attached hydrogens (tertiary/aromatic N) is 4. The van der Waals surface area contributed by atoms with Crippen molar-refractivity contribution in [3.63, 3.8) is 0 Å². The van der Waals surface area contributed by atoms with Gasteiger partial charge in [0.25, 0.3) is 0 Å². The summed E-state index contributed by atoms with van der Waals surface area (Å²) in [6.45, 7) is 3.74. The minimum Gasteiger partial charge on any atom is -0.872 e. The van der Waals surface area contributed by atoms with Gasteiger partial charge in [-0.05, 0) is 35.4 Å². The summed E-state index contributed by atoms with van der Waals surface area (Å²) in [5.74, 6) is 0.0817. The molecule has 0 aliphatic carbocycles. The van der Waals surface area contributed by atoms with E-state index in [9.17, 15) is 19.3 Å². The van der Waals surface area contributed by atoms with Crippen molar-refractivity contribution in [1.29, 1.82) is 0 Å².